The summed E-state index contributed by atoms with van der Waals surface area (Å²) in [6.45, 7) is 1.79. The summed E-state index contributed by atoms with van der Waals surface area (Å²) in [5, 5.41) is 3.92. The number of carbonyl (C=O) groups excluding carboxylic acids is 1. The average Bonchev–Trinajstić information content (AvgIpc) is 2.97. The molecule has 0 fully saturated rings. The summed E-state index contributed by atoms with van der Waals surface area (Å²) in [5.41, 5.74) is 3.83. The molecule has 5 nitrogen and oxygen atoms in total. The zero-order chi connectivity index (χ0) is 16.5. The lowest BCUT2D eigenvalue weighted by Crippen LogP contribution is -2.14. The van der Waals surface area contributed by atoms with Crippen molar-refractivity contribution >= 4 is 33.6 Å². The topological polar surface area (TPSA) is 68.0 Å². The first-order valence-corrected chi connectivity index (χ1v) is 7.69. The van der Waals surface area contributed by atoms with Crippen LogP contribution in [0.1, 0.15) is 11.5 Å². The third kappa shape index (κ3) is 2.60. The lowest BCUT2D eigenvalue weighted by molar-refractivity contribution is -0.115. The highest BCUT2D eigenvalue weighted by Crippen LogP contribution is 2.24. The first-order chi connectivity index (χ1) is 11.7. The molecule has 2 aromatic heterocycles. The molecule has 0 unspecified atom stereocenters. The smallest absolute Gasteiger partial charge is 0.228 e. The van der Waals surface area contributed by atoms with Gasteiger partial charge < -0.3 is 9.73 Å². The van der Waals surface area contributed by atoms with Gasteiger partial charge in [-0.15, -0.1) is 0 Å². The van der Waals surface area contributed by atoms with Crippen molar-refractivity contribution in [2.24, 2.45) is 0 Å². The maximum absolute atomic E-state index is 12.5. The molecule has 0 aliphatic heterocycles. The van der Waals surface area contributed by atoms with Crippen LogP contribution >= 0.6 is 0 Å². The summed E-state index contributed by atoms with van der Waals surface area (Å²) in [7, 11) is 0. The maximum atomic E-state index is 12.5. The fraction of sp³-hybridized carbons (Fsp3) is 0.105. The van der Waals surface area contributed by atoms with Crippen LogP contribution in [0.25, 0.3) is 22.0 Å². The van der Waals surface area contributed by atoms with Gasteiger partial charge in [-0.25, -0.2) is 4.98 Å². The van der Waals surface area contributed by atoms with Crippen LogP contribution < -0.4 is 5.32 Å². The first-order valence-electron chi connectivity index (χ1n) is 7.69. The van der Waals surface area contributed by atoms with Gasteiger partial charge in [-0.2, -0.15) is 0 Å². The largest absolute Gasteiger partial charge is 0.441 e. The lowest BCUT2D eigenvalue weighted by atomic mass is 10.1. The zero-order valence-corrected chi connectivity index (χ0v) is 13.1. The Balaban J connectivity index is 1.62. The number of nitrogens with zero attached hydrogens (tertiary/aromatic N) is 2. The first kappa shape index (κ1) is 14.4. The number of rotatable bonds is 3. The second-order valence-electron chi connectivity index (χ2n) is 5.60. The van der Waals surface area contributed by atoms with E-state index in [2.05, 4.69) is 15.3 Å². The van der Waals surface area contributed by atoms with Crippen molar-refractivity contribution in [1.82, 2.24) is 9.97 Å². The van der Waals surface area contributed by atoms with Gasteiger partial charge in [0.1, 0.15) is 5.52 Å². The number of aromatic nitrogens is 2. The Morgan fingerprint density at radius 3 is 2.92 bits per heavy atom. The van der Waals surface area contributed by atoms with Crippen LogP contribution in [0.3, 0.4) is 0 Å². The molecular formula is C19H15N3O2. The average molecular weight is 317 g/mol. The molecule has 0 aliphatic rings. The Kier molecular flexibility index (Phi) is 3.46. The molecule has 0 bridgehead atoms. The molecule has 5 heteroatoms. The summed E-state index contributed by atoms with van der Waals surface area (Å²) < 4.78 is 5.50. The molecule has 0 atom stereocenters. The fourth-order valence-electron chi connectivity index (χ4n) is 2.85. The second-order valence-corrected chi connectivity index (χ2v) is 5.60. The summed E-state index contributed by atoms with van der Waals surface area (Å²) in [4.78, 5) is 21.1. The predicted octanol–water partition coefficient (Wildman–Crippen LogP) is 3.87. The van der Waals surface area contributed by atoms with Crippen molar-refractivity contribution in [2.75, 3.05) is 5.32 Å². The summed E-state index contributed by atoms with van der Waals surface area (Å²) in [6.07, 6.45) is 2.02. The number of pyridine rings is 1. The van der Waals surface area contributed by atoms with Crippen molar-refractivity contribution in [1.29, 1.82) is 0 Å². The van der Waals surface area contributed by atoms with Crippen molar-refractivity contribution in [3.8, 4) is 0 Å². The zero-order valence-electron chi connectivity index (χ0n) is 13.1. The number of benzene rings is 2. The molecule has 4 rings (SSSR count). The van der Waals surface area contributed by atoms with Gasteiger partial charge in [-0.1, -0.05) is 24.3 Å². The summed E-state index contributed by atoms with van der Waals surface area (Å²) in [6, 6.07) is 15.2. The van der Waals surface area contributed by atoms with Crippen molar-refractivity contribution in [2.45, 2.75) is 13.3 Å². The van der Waals surface area contributed by atoms with Crippen molar-refractivity contribution in [3.63, 3.8) is 0 Å². The van der Waals surface area contributed by atoms with Crippen LogP contribution in [0, 0.1) is 6.92 Å². The van der Waals surface area contributed by atoms with Gasteiger partial charge in [-0.05, 0) is 29.8 Å². The molecule has 4 aromatic rings. The Bertz CT molecular complexity index is 1050. The van der Waals surface area contributed by atoms with Crippen LogP contribution in [-0.2, 0) is 11.2 Å². The Morgan fingerprint density at radius 2 is 2.00 bits per heavy atom. The Labute approximate surface area is 138 Å². The van der Waals surface area contributed by atoms with E-state index >= 15 is 0 Å². The second kappa shape index (κ2) is 5.77. The van der Waals surface area contributed by atoms with Gasteiger partial charge >= 0.3 is 0 Å². The molecule has 24 heavy (non-hydrogen) atoms. The normalized spacial score (nSPS) is 11.0. The van der Waals surface area contributed by atoms with E-state index in [9.17, 15) is 4.79 Å². The highest BCUT2D eigenvalue weighted by molar-refractivity contribution is 6.01. The molecule has 1 amide bonds. The van der Waals surface area contributed by atoms with E-state index in [1.54, 1.807) is 13.1 Å². The number of anilines is 1. The van der Waals surface area contributed by atoms with Crippen molar-refractivity contribution in [3.05, 3.63) is 66.2 Å². The molecule has 0 spiro atoms. The van der Waals surface area contributed by atoms with Crippen LogP contribution in [0.2, 0.25) is 0 Å². The molecule has 0 aliphatic carbocycles. The van der Waals surface area contributed by atoms with E-state index < -0.39 is 0 Å². The number of nitrogens with one attached hydrogen (secondary N) is 1. The highest BCUT2D eigenvalue weighted by atomic mass is 16.3. The maximum Gasteiger partial charge on any atom is 0.228 e. The molecule has 118 valence electrons. The van der Waals surface area contributed by atoms with E-state index in [1.165, 1.54) is 0 Å². The van der Waals surface area contributed by atoms with E-state index in [0.717, 1.165) is 16.5 Å². The quantitative estimate of drug-likeness (QED) is 0.623. The van der Waals surface area contributed by atoms with Gasteiger partial charge in [0.15, 0.2) is 11.5 Å². The van der Waals surface area contributed by atoms with E-state index in [-0.39, 0.29) is 12.3 Å². The Hall–Kier alpha value is -3.21. The minimum Gasteiger partial charge on any atom is -0.441 e. The molecule has 0 saturated carbocycles. The molecule has 0 saturated heterocycles. The van der Waals surface area contributed by atoms with Crippen LogP contribution in [0.15, 0.2) is 59.1 Å². The van der Waals surface area contributed by atoms with E-state index in [1.807, 2.05) is 48.5 Å². The number of carbonyl (C=O) groups is 1. The van der Waals surface area contributed by atoms with Crippen molar-refractivity contribution < 1.29 is 9.21 Å². The number of fused-ring (bicyclic) bond motifs is 2. The number of oxazole rings is 1. The van der Waals surface area contributed by atoms with Crippen LogP contribution in [0.4, 0.5) is 5.69 Å². The predicted molar refractivity (Wildman–Crippen MR) is 92.8 cm³/mol. The monoisotopic (exact) mass is 317 g/mol. The minimum absolute atomic E-state index is 0.0977. The number of para-hydroxylation sites is 1. The fourth-order valence-corrected chi connectivity index (χ4v) is 2.85. The van der Waals surface area contributed by atoms with E-state index in [0.29, 0.717) is 22.7 Å². The van der Waals surface area contributed by atoms with Gasteiger partial charge in [0.2, 0.25) is 5.91 Å². The third-order valence-electron chi connectivity index (χ3n) is 3.89. The van der Waals surface area contributed by atoms with E-state index in [4.69, 9.17) is 4.42 Å². The lowest BCUT2D eigenvalue weighted by Gasteiger charge is -2.08. The van der Waals surface area contributed by atoms with Gasteiger partial charge in [-0.3, -0.25) is 9.78 Å². The standard InChI is InChI=1S/C19H15N3O2/c1-12-21-19-16(8-3-9-17(19)24-12)22-18(23)11-13-5-2-7-15-14(13)6-4-10-20-15/h2-10H,11H2,1H3,(H,22,23). The Morgan fingerprint density at radius 1 is 1.12 bits per heavy atom. The van der Waals surface area contributed by atoms with Crippen LogP contribution in [0.5, 0.6) is 0 Å². The molecule has 2 heterocycles. The molecular weight excluding hydrogens is 302 g/mol. The summed E-state index contributed by atoms with van der Waals surface area (Å²) >= 11 is 0. The minimum atomic E-state index is -0.0977. The number of hydrogen-bond acceptors (Lipinski definition) is 4. The SMILES string of the molecule is Cc1nc2c(NC(=O)Cc3cccc4ncccc34)cccc2o1. The van der Waals surface area contributed by atoms with Gasteiger partial charge in [0, 0.05) is 18.5 Å². The summed E-state index contributed by atoms with van der Waals surface area (Å²) in [5.74, 6) is 0.478. The number of aryl methyl sites for hydroxylation is 1. The number of hydrogen-bond donors (Lipinski definition) is 1. The highest BCUT2D eigenvalue weighted by Gasteiger charge is 2.12. The van der Waals surface area contributed by atoms with Gasteiger partial charge in [0.05, 0.1) is 17.6 Å². The third-order valence-corrected chi connectivity index (χ3v) is 3.89. The number of amides is 1. The molecule has 1 N–H and O–H groups in total. The van der Waals surface area contributed by atoms with Crippen LogP contribution in [-0.4, -0.2) is 15.9 Å². The molecule has 2 aromatic carbocycles. The van der Waals surface area contributed by atoms with Gasteiger partial charge in [0.25, 0.3) is 0 Å². The molecule has 0 radical (unpaired) electrons.